The van der Waals surface area contributed by atoms with Crippen molar-refractivity contribution >= 4 is 84.9 Å². The highest BCUT2D eigenvalue weighted by Crippen LogP contribution is 2.44. The number of sulfonamides is 2. The van der Waals surface area contributed by atoms with Gasteiger partial charge in [0.1, 0.15) is 9.79 Å². The monoisotopic (exact) mass is 684 g/mol. The predicted octanol–water partition coefficient (Wildman–Crippen LogP) is 7.61. The third-order valence-corrected chi connectivity index (χ3v) is 12.0. The van der Waals surface area contributed by atoms with Crippen LogP contribution >= 0.6 is 53.4 Å². The van der Waals surface area contributed by atoms with E-state index in [1.165, 1.54) is 33.7 Å². The lowest BCUT2D eigenvalue weighted by molar-refractivity contribution is 0.599. The second-order valence-corrected chi connectivity index (χ2v) is 14.5. The molecule has 6 nitrogen and oxygen atoms in total. The highest BCUT2D eigenvalue weighted by molar-refractivity contribution is 9.10. The lowest BCUT2D eigenvalue weighted by atomic mass is 10.3. The van der Waals surface area contributed by atoms with E-state index in [4.69, 9.17) is 0 Å². The largest absolute Gasteiger partial charge is 0.278 e. The van der Waals surface area contributed by atoms with Crippen LogP contribution in [0, 0.1) is 0 Å². The fourth-order valence-corrected chi connectivity index (χ4v) is 9.64. The van der Waals surface area contributed by atoms with Gasteiger partial charge in [0.2, 0.25) is 0 Å². The Balaban J connectivity index is 1.56. The first-order valence-electron chi connectivity index (χ1n) is 10.2. The number of hydrogen-bond donors (Lipinski definition) is 2. The van der Waals surface area contributed by atoms with E-state index in [-0.39, 0.29) is 9.79 Å². The van der Waals surface area contributed by atoms with Gasteiger partial charge in [-0.05, 0) is 80.4 Å². The van der Waals surface area contributed by atoms with E-state index in [9.17, 15) is 16.8 Å². The van der Waals surface area contributed by atoms with E-state index in [1.54, 1.807) is 84.9 Å². The van der Waals surface area contributed by atoms with E-state index >= 15 is 0 Å². The summed E-state index contributed by atoms with van der Waals surface area (Å²) in [6.45, 7) is 0. The van der Waals surface area contributed by atoms with E-state index in [1.807, 2.05) is 0 Å². The summed E-state index contributed by atoms with van der Waals surface area (Å²) >= 11 is 6.58. The van der Waals surface area contributed by atoms with Gasteiger partial charge in [0, 0.05) is 18.7 Å². The molecule has 12 heteroatoms. The fraction of sp³-hybridized carbons (Fsp3) is 0. The fourth-order valence-electron chi connectivity index (χ4n) is 3.06. The molecular formula is C24H18Br2N2O4S4. The minimum Gasteiger partial charge on any atom is -0.278 e. The molecule has 0 amide bonds. The van der Waals surface area contributed by atoms with Crippen molar-refractivity contribution in [2.45, 2.75) is 19.6 Å². The molecule has 0 saturated heterocycles. The Kier molecular flexibility index (Phi) is 8.74. The Morgan fingerprint density at radius 2 is 0.833 bits per heavy atom. The van der Waals surface area contributed by atoms with Gasteiger partial charge in [-0.1, -0.05) is 70.1 Å². The first-order chi connectivity index (χ1) is 17.2. The molecule has 4 rings (SSSR count). The molecule has 0 aliphatic rings. The van der Waals surface area contributed by atoms with Gasteiger partial charge >= 0.3 is 0 Å². The molecule has 4 aromatic carbocycles. The summed E-state index contributed by atoms with van der Waals surface area (Å²) in [5.74, 6) is 0. The molecule has 0 radical (unpaired) electrons. The minimum absolute atomic E-state index is 0.129. The first-order valence-corrected chi connectivity index (χ1v) is 16.9. The molecule has 0 saturated carbocycles. The number of benzene rings is 4. The molecule has 186 valence electrons. The summed E-state index contributed by atoms with van der Waals surface area (Å²) in [5.41, 5.74) is 0.828. The van der Waals surface area contributed by atoms with E-state index < -0.39 is 20.0 Å². The summed E-state index contributed by atoms with van der Waals surface area (Å²) in [7, 11) is -5.04. The number of halogens is 2. The normalized spacial score (nSPS) is 11.7. The molecule has 0 unspecified atom stereocenters. The molecule has 4 aromatic rings. The number of anilines is 2. The van der Waals surface area contributed by atoms with Crippen LogP contribution in [-0.4, -0.2) is 16.8 Å². The predicted molar refractivity (Wildman–Crippen MR) is 154 cm³/mol. The SMILES string of the molecule is O=S(=O)(Nc1ccccc1SSc1ccccc1NS(=O)(=O)c1ccccc1Br)c1ccccc1Br. The van der Waals surface area contributed by atoms with Crippen molar-refractivity contribution in [1.82, 2.24) is 0 Å². The Morgan fingerprint density at radius 1 is 0.500 bits per heavy atom. The van der Waals surface area contributed by atoms with Crippen LogP contribution in [0.1, 0.15) is 0 Å². The summed E-state index contributed by atoms with van der Waals surface area (Å²) in [5, 5.41) is 0. The molecule has 36 heavy (non-hydrogen) atoms. The highest BCUT2D eigenvalue weighted by Gasteiger charge is 2.21. The van der Waals surface area contributed by atoms with E-state index in [0.29, 0.717) is 30.1 Å². The zero-order valence-electron chi connectivity index (χ0n) is 18.3. The van der Waals surface area contributed by atoms with Crippen molar-refractivity contribution in [2.24, 2.45) is 0 Å². The molecule has 0 heterocycles. The summed E-state index contributed by atoms with van der Waals surface area (Å²) in [6, 6.07) is 27.2. The first kappa shape index (κ1) is 27.1. The Labute approximate surface area is 235 Å². The topological polar surface area (TPSA) is 92.3 Å². The van der Waals surface area contributed by atoms with Gasteiger partial charge in [-0.15, -0.1) is 0 Å². The standard InChI is InChI=1S/C24H18Br2N2O4S4/c25-17-9-1-7-15-23(17)35(29,30)27-19-11-3-5-13-21(19)33-34-22-14-6-4-12-20(22)28-36(31,32)24-16-8-2-10-18(24)26/h1-16,27-28H. The number of rotatable bonds is 9. The molecule has 0 bridgehead atoms. The van der Waals surface area contributed by atoms with E-state index in [2.05, 4.69) is 41.3 Å². The van der Waals surface area contributed by atoms with Crippen LogP contribution < -0.4 is 9.44 Å². The zero-order chi connectivity index (χ0) is 25.8. The molecule has 0 fully saturated rings. The number of hydrogen-bond acceptors (Lipinski definition) is 6. The Hall–Kier alpha value is -1.96. The smallest absolute Gasteiger partial charge is 0.263 e. The van der Waals surface area contributed by atoms with Crippen LogP contribution in [0.3, 0.4) is 0 Å². The second-order valence-electron chi connectivity index (χ2n) is 7.23. The van der Waals surface area contributed by atoms with Crippen LogP contribution in [-0.2, 0) is 20.0 Å². The summed E-state index contributed by atoms with van der Waals surface area (Å²) in [6.07, 6.45) is 0. The van der Waals surface area contributed by atoms with Crippen molar-refractivity contribution in [3.63, 3.8) is 0 Å². The molecule has 0 aliphatic carbocycles. The van der Waals surface area contributed by atoms with E-state index in [0.717, 1.165) is 0 Å². The van der Waals surface area contributed by atoms with Gasteiger partial charge in [0.25, 0.3) is 20.0 Å². The molecule has 0 aromatic heterocycles. The molecule has 0 spiro atoms. The minimum atomic E-state index is -3.83. The van der Waals surface area contributed by atoms with Gasteiger partial charge < -0.3 is 0 Å². The van der Waals surface area contributed by atoms with Crippen molar-refractivity contribution in [2.75, 3.05) is 9.44 Å². The number of nitrogens with one attached hydrogen (secondary N) is 2. The lowest BCUT2D eigenvalue weighted by Gasteiger charge is -2.15. The van der Waals surface area contributed by atoms with Crippen LogP contribution in [0.15, 0.2) is 126 Å². The van der Waals surface area contributed by atoms with Crippen LogP contribution in [0.2, 0.25) is 0 Å². The van der Waals surface area contributed by atoms with Gasteiger partial charge in [0.05, 0.1) is 11.4 Å². The van der Waals surface area contributed by atoms with Crippen molar-refractivity contribution in [3.05, 3.63) is 106 Å². The van der Waals surface area contributed by atoms with Gasteiger partial charge in [0.15, 0.2) is 0 Å². The molecule has 2 N–H and O–H groups in total. The second kappa shape index (κ2) is 11.6. The maximum absolute atomic E-state index is 13.0. The van der Waals surface area contributed by atoms with Crippen LogP contribution in [0.5, 0.6) is 0 Å². The van der Waals surface area contributed by atoms with Crippen LogP contribution in [0.4, 0.5) is 11.4 Å². The zero-order valence-corrected chi connectivity index (χ0v) is 24.7. The Morgan fingerprint density at radius 3 is 1.22 bits per heavy atom. The maximum atomic E-state index is 13.0. The molecular weight excluding hydrogens is 668 g/mol. The van der Waals surface area contributed by atoms with Crippen molar-refractivity contribution < 1.29 is 16.8 Å². The molecule has 0 aliphatic heterocycles. The average Bonchev–Trinajstić information content (AvgIpc) is 2.84. The van der Waals surface area contributed by atoms with Crippen molar-refractivity contribution in [3.8, 4) is 0 Å². The Bertz CT molecular complexity index is 1490. The van der Waals surface area contributed by atoms with Gasteiger partial charge in [-0.2, -0.15) is 0 Å². The average molecular weight is 686 g/mol. The van der Waals surface area contributed by atoms with Gasteiger partial charge in [-0.25, -0.2) is 16.8 Å². The quantitative estimate of drug-likeness (QED) is 0.176. The molecule has 0 atom stereocenters. The third-order valence-electron chi connectivity index (χ3n) is 4.74. The highest BCUT2D eigenvalue weighted by atomic mass is 79.9. The van der Waals surface area contributed by atoms with Crippen LogP contribution in [0.25, 0.3) is 0 Å². The third kappa shape index (κ3) is 6.48. The number of para-hydroxylation sites is 2. The summed E-state index contributed by atoms with van der Waals surface area (Å²) in [4.78, 5) is 1.59. The summed E-state index contributed by atoms with van der Waals surface area (Å²) < 4.78 is 58.2. The maximum Gasteiger partial charge on any atom is 0.263 e. The van der Waals surface area contributed by atoms with Crippen molar-refractivity contribution in [1.29, 1.82) is 0 Å². The van der Waals surface area contributed by atoms with Gasteiger partial charge in [-0.3, -0.25) is 9.44 Å². The lowest BCUT2D eigenvalue weighted by Crippen LogP contribution is -2.14.